The number of anilines is 1. The van der Waals surface area contributed by atoms with Gasteiger partial charge in [0.15, 0.2) is 5.65 Å². The van der Waals surface area contributed by atoms with E-state index in [0.717, 1.165) is 16.6 Å². The molecule has 0 atom stereocenters. The second kappa shape index (κ2) is 4.12. The van der Waals surface area contributed by atoms with Crippen molar-refractivity contribution in [3.8, 4) is 11.1 Å². The zero-order valence-electron chi connectivity index (χ0n) is 9.83. The Hall–Kier alpha value is -2.40. The first-order valence-electron chi connectivity index (χ1n) is 5.57. The fraction of sp³-hybridized carbons (Fsp3) is 0.0769. The highest BCUT2D eigenvalue weighted by atomic mass is 16.5. The predicted molar refractivity (Wildman–Crippen MR) is 69.4 cm³/mol. The molecule has 0 fully saturated rings. The largest absolute Gasteiger partial charge is 0.310 e. The minimum Gasteiger partial charge on any atom is -0.310 e. The number of benzene rings is 1. The van der Waals surface area contributed by atoms with Crippen LogP contribution in [0, 0.1) is 0 Å². The Morgan fingerprint density at radius 2 is 1.94 bits per heavy atom. The summed E-state index contributed by atoms with van der Waals surface area (Å²) in [5, 5.41) is 8.94. The molecule has 0 amide bonds. The fourth-order valence-electron chi connectivity index (χ4n) is 1.96. The fourth-order valence-corrected chi connectivity index (χ4v) is 1.96. The molecule has 3 aromatic rings. The molecule has 0 saturated carbocycles. The average molecular weight is 240 g/mol. The van der Waals surface area contributed by atoms with Crippen LogP contribution < -0.4 is 5.48 Å². The van der Waals surface area contributed by atoms with Crippen LogP contribution in [-0.4, -0.2) is 19.7 Å². The first-order chi connectivity index (χ1) is 8.79. The highest BCUT2D eigenvalue weighted by molar-refractivity contribution is 5.80. The molecule has 0 unspecified atom stereocenters. The second-order valence-corrected chi connectivity index (χ2v) is 4.04. The van der Waals surface area contributed by atoms with Crippen LogP contribution in [0.15, 0.2) is 42.6 Å². The summed E-state index contributed by atoms with van der Waals surface area (Å²) >= 11 is 0. The number of hydrogen-bond donors (Lipinski definition) is 2. The van der Waals surface area contributed by atoms with Gasteiger partial charge in [0, 0.05) is 18.8 Å². The SMILES string of the molecule is Cn1c(NO)nc2ncc(-c3ccccc3)cc21. The molecule has 90 valence electrons. The van der Waals surface area contributed by atoms with Gasteiger partial charge < -0.3 is 4.57 Å². The van der Waals surface area contributed by atoms with Crippen LogP contribution >= 0.6 is 0 Å². The van der Waals surface area contributed by atoms with E-state index < -0.39 is 0 Å². The Balaban J connectivity index is 2.19. The smallest absolute Gasteiger partial charge is 0.229 e. The lowest BCUT2D eigenvalue weighted by Crippen LogP contribution is -1.98. The van der Waals surface area contributed by atoms with E-state index in [9.17, 15) is 0 Å². The van der Waals surface area contributed by atoms with Gasteiger partial charge in [-0.15, -0.1) is 0 Å². The lowest BCUT2D eigenvalue weighted by atomic mass is 10.1. The Kier molecular flexibility index (Phi) is 2.46. The van der Waals surface area contributed by atoms with Gasteiger partial charge in [0.2, 0.25) is 5.95 Å². The normalized spacial score (nSPS) is 10.8. The maximum atomic E-state index is 8.94. The Morgan fingerprint density at radius 3 is 2.67 bits per heavy atom. The molecule has 5 heteroatoms. The van der Waals surface area contributed by atoms with Gasteiger partial charge in [0.1, 0.15) is 0 Å². The maximum absolute atomic E-state index is 8.94. The Morgan fingerprint density at radius 1 is 1.17 bits per heavy atom. The third-order valence-electron chi connectivity index (χ3n) is 2.95. The van der Waals surface area contributed by atoms with E-state index in [1.807, 2.05) is 43.4 Å². The van der Waals surface area contributed by atoms with Crippen molar-refractivity contribution in [1.82, 2.24) is 14.5 Å². The first-order valence-corrected chi connectivity index (χ1v) is 5.57. The summed E-state index contributed by atoms with van der Waals surface area (Å²) in [6.07, 6.45) is 1.78. The van der Waals surface area contributed by atoms with E-state index >= 15 is 0 Å². The number of fused-ring (bicyclic) bond motifs is 1. The molecule has 0 aliphatic heterocycles. The monoisotopic (exact) mass is 240 g/mol. The summed E-state index contributed by atoms with van der Waals surface area (Å²) in [6.45, 7) is 0. The van der Waals surface area contributed by atoms with E-state index in [1.165, 1.54) is 0 Å². The number of nitrogens with one attached hydrogen (secondary N) is 1. The van der Waals surface area contributed by atoms with Crippen LogP contribution in [0.1, 0.15) is 0 Å². The molecule has 0 saturated heterocycles. The lowest BCUT2D eigenvalue weighted by Gasteiger charge is -2.02. The molecule has 1 aromatic carbocycles. The van der Waals surface area contributed by atoms with Crippen molar-refractivity contribution in [1.29, 1.82) is 0 Å². The number of hydrogen-bond acceptors (Lipinski definition) is 4. The van der Waals surface area contributed by atoms with Crippen LogP contribution in [-0.2, 0) is 7.05 Å². The molecule has 0 aliphatic rings. The number of aromatic nitrogens is 3. The van der Waals surface area contributed by atoms with Crippen LogP contribution in [0.25, 0.3) is 22.3 Å². The first kappa shape index (κ1) is 10.7. The third kappa shape index (κ3) is 1.61. The van der Waals surface area contributed by atoms with Crippen LogP contribution in [0.2, 0.25) is 0 Å². The standard InChI is InChI=1S/C13H12N4O/c1-17-11-7-10(9-5-3-2-4-6-9)8-14-12(11)15-13(17)16-18/h2-8,18H,1H3,(H,14,15,16). The van der Waals surface area contributed by atoms with E-state index in [1.54, 1.807) is 10.8 Å². The van der Waals surface area contributed by atoms with E-state index in [0.29, 0.717) is 11.6 Å². The summed E-state index contributed by atoms with van der Waals surface area (Å²) in [6, 6.07) is 12.0. The molecule has 3 rings (SSSR count). The number of pyridine rings is 1. The van der Waals surface area contributed by atoms with Crippen molar-refractivity contribution < 1.29 is 5.21 Å². The Bertz CT molecular complexity index is 691. The summed E-state index contributed by atoms with van der Waals surface area (Å²) in [7, 11) is 1.82. The van der Waals surface area contributed by atoms with E-state index in [4.69, 9.17) is 5.21 Å². The predicted octanol–water partition coefficient (Wildman–Crippen LogP) is 2.44. The molecule has 2 heterocycles. The van der Waals surface area contributed by atoms with Gasteiger partial charge in [-0.05, 0) is 11.6 Å². The second-order valence-electron chi connectivity index (χ2n) is 4.04. The molecule has 0 bridgehead atoms. The molecule has 0 radical (unpaired) electrons. The number of rotatable bonds is 2. The molecule has 18 heavy (non-hydrogen) atoms. The van der Waals surface area contributed by atoms with E-state index in [-0.39, 0.29) is 0 Å². The lowest BCUT2D eigenvalue weighted by molar-refractivity contribution is 0.380. The summed E-state index contributed by atoms with van der Waals surface area (Å²) in [5.41, 5.74) is 5.66. The van der Waals surface area contributed by atoms with Gasteiger partial charge in [-0.3, -0.25) is 5.21 Å². The van der Waals surface area contributed by atoms with Crippen molar-refractivity contribution in [3.63, 3.8) is 0 Å². The zero-order chi connectivity index (χ0) is 12.5. The van der Waals surface area contributed by atoms with Gasteiger partial charge in [0.25, 0.3) is 0 Å². The molecule has 5 nitrogen and oxygen atoms in total. The van der Waals surface area contributed by atoms with Gasteiger partial charge in [-0.2, -0.15) is 4.98 Å². The summed E-state index contributed by atoms with van der Waals surface area (Å²) < 4.78 is 1.76. The Labute approximate surface area is 104 Å². The molecular formula is C13H12N4O. The zero-order valence-corrected chi connectivity index (χ0v) is 9.83. The van der Waals surface area contributed by atoms with Crippen LogP contribution in [0.3, 0.4) is 0 Å². The van der Waals surface area contributed by atoms with Gasteiger partial charge in [-0.1, -0.05) is 30.3 Å². The number of imidazole rings is 1. The van der Waals surface area contributed by atoms with Crippen LogP contribution in [0.4, 0.5) is 5.95 Å². The van der Waals surface area contributed by atoms with Gasteiger partial charge in [0.05, 0.1) is 5.52 Å². The highest BCUT2D eigenvalue weighted by Crippen LogP contribution is 2.23. The number of aryl methyl sites for hydroxylation is 1. The van der Waals surface area contributed by atoms with Crippen molar-refractivity contribution in [3.05, 3.63) is 42.6 Å². The molecule has 2 N–H and O–H groups in total. The molecule has 2 aromatic heterocycles. The molecule has 0 spiro atoms. The topological polar surface area (TPSA) is 63.0 Å². The highest BCUT2D eigenvalue weighted by Gasteiger charge is 2.09. The van der Waals surface area contributed by atoms with Crippen molar-refractivity contribution in [2.75, 3.05) is 5.48 Å². The third-order valence-corrected chi connectivity index (χ3v) is 2.95. The minimum absolute atomic E-state index is 0.378. The van der Waals surface area contributed by atoms with E-state index in [2.05, 4.69) is 15.4 Å². The van der Waals surface area contributed by atoms with Gasteiger partial charge in [-0.25, -0.2) is 10.5 Å². The minimum atomic E-state index is 0.378. The van der Waals surface area contributed by atoms with Gasteiger partial charge >= 0.3 is 0 Å². The molecule has 0 aliphatic carbocycles. The van der Waals surface area contributed by atoms with Crippen molar-refractivity contribution in [2.45, 2.75) is 0 Å². The maximum Gasteiger partial charge on any atom is 0.229 e. The van der Waals surface area contributed by atoms with Crippen molar-refractivity contribution in [2.24, 2.45) is 7.05 Å². The number of nitrogens with zero attached hydrogens (tertiary/aromatic N) is 3. The quantitative estimate of drug-likeness (QED) is 0.675. The molecular weight excluding hydrogens is 228 g/mol. The average Bonchev–Trinajstić information content (AvgIpc) is 2.76. The van der Waals surface area contributed by atoms with Crippen molar-refractivity contribution >= 4 is 17.1 Å². The summed E-state index contributed by atoms with van der Waals surface area (Å²) in [4.78, 5) is 8.46. The summed E-state index contributed by atoms with van der Waals surface area (Å²) in [5.74, 6) is 0.378. The van der Waals surface area contributed by atoms with Crippen LogP contribution in [0.5, 0.6) is 0 Å².